The maximum Gasteiger partial charge on any atom is 0.274 e. The molecule has 1 N–H and O–H groups in total. The van der Waals surface area contributed by atoms with E-state index in [1.807, 2.05) is 54.6 Å². The predicted molar refractivity (Wildman–Crippen MR) is 96.4 cm³/mol. The van der Waals surface area contributed by atoms with Gasteiger partial charge in [-0.2, -0.15) is 0 Å². The molecule has 4 aromatic rings. The number of benzene rings is 2. The maximum atomic E-state index is 12.6. The van der Waals surface area contributed by atoms with Gasteiger partial charge in [0.25, 0.3) is 5.91 Å². The van der Waals surface area contributed by atoms with E-state index in [2.05, 4.69) is 15.3 Å². The molecule has 4 nitrogen and oxygen atoms in total. The van der Waals surface area contributed by atoms with E-state index in [9.17, 15) is 4.79 Å². The third kappa shape index (κ3) is 2.57. The predicted octanol–water partition coefficient (Wildman–Crippen LogP) is 4.69. The molecule has 0 bridgehead atoms. The molecule has 0 fully saturated rings. The monoisotopic (exact) mass is 333 g/mol. The molecule has 5 heteroatoms. The van der Waals surface area contributed by atoms with E-state index in [0.29, 0.717) is 10.8 Å². The Hall–Kier alpha value is -2.98. The lowest BCUT2D eigenvalue weighted by Gasteiger charge is -2.09. The summed E-state index contributed by atoms with van der Waals surface area (Å²) < 4.78 is 0. The SMILES string of the molecule is O=C(Nc1cccc2ncccc12)c1cc2ccccc2c(Cl)n1. The van der Waals surface area contributed by atoms with Gasteiger partial charge < -0.3 is 5.32 Å². The van der Waals surface area contributed by atoms with E-state index in [1.54, 1.807) is 12.3 Å². The number of nitrogens with zero attached hydrogens (tertiary/aromatic N) is 2. The van der Waals surface area contributed by atoms with Gasteiger partial charge >= 0.3 is 0 Å². The van der Waals surface area contributed by atoms with E-state index in [4.69, 9.17) is 11.6 Å². The van der Waals surface area contributed by atoms with Crippen molar-refractivity contribution in [2.45, 2.75) is 0 Å². The number of fused-ring (bicyclic) bond motifs is 2. The van der Waals surface area contributed by atoms with Crippen molar-refractivity contribution < 1.29 is 4.79 Å². The molecular weight excluding hydrogens is 322 g/mol. The Kier molecular flexibility index (Phi) is 3.59. The van der Waals surface area contributed by atoms with Gasteiger partial charge in [0.2, 0.25) is 0 Å². The van der Waals surface area contributed by atoms with Crippen LogP contribution >= 0.6 is 11.6 Å². The third-order valence-electron chi connectivity index (χ3n) is 3.82. The summed E-state index contributed by atoms with van der Waals surface area (Å²) in [6.45, 7) is 0. The Morgan fingerprint density at radius 2 is 1.79 bits per heavy atom. The Morgan fingerprint density at radius 1 is 0.958 bits per heavy atom. The Labute approximate surface area is 143 Å². The maximum absolute atomic E-state index is 12.6. The number of halogens is 1. The second-order valence-electron chi connectivity index (χ2n) is 5.35. The van der Waals surface area contributed by atoms with Gasteiger partial charge in [0, 0.05) is 17.0 Å². The minimum absolute atomic E-state index is 0.277. The minimum atomic E-state index is -0.306. The van der Waals surface area contributed by atoms with Crippen molar-refractivity contribution in [3.8, 4) is 0 Å². The molecule has 24 heavy (non-hydrogen) atoms. The highest BCUT2D eigenvalue weighted by atomic mass is 35.5. The van der Waals surface area contributed by atoms with Gasteiger partial charge in [-0.25, -0.2) is 4.98 Å². The zero-order chi connectivity index (χ0) is 16.5. The van der Waals surface area contributed by atoms with E-state index < -0.39 is 0 Å². The largest absolute Gasteiger partial charge is 0.320 e. The fourth-order valence-corrected chi connectivity index (χ4v) is 2.93. The van der Waals surface area contributed by atoms with Crippen molar-refractivity contribution in [2.75, 3.05) is 5.32 Å². The molecule has 4 rings (SSSR count). The lowest BCUT2D eigenvalue weighted by Crippen LogP contribution is -2.14. The first-order chi connectivity index (χ1) is 11.7. The highest BCUT2D eigenvalue weighted by molar-refractivity contribution is 6.34. The number of carbonyl (C=O) groups is 1. The summed E-state index contributed by atoms with van der Waals surface area (Å²) in [4.78, 5) is 21.1. The van der Waals surface area contributed by atoms with Crippen molar-refractivity contribution in [1.82, 2.24) is 9.97 Å². The number of amides is 1. The summed E-state index contributed by atoms with van der Waals surface area (Å²) in [5, 5.41) is 5.79. The van der Waals surface area contributed by atoms with E-state index >= 15 is 0 Å². The Balaban J connectivity index is 1.74. The number of carbonyl (C=O) groups excluding carboxylic acids is 1. The second-order valence-corrected chi connectivity index (χ2v) is 5.71. The Morgan fingerprint density at radius 3 is 2.71 bits per heavy atom. The third-order valence-corrected chi connectivity index (χ3v) is 4.11. The zero-order valence-corrected chi connectivity index (χ0v) is 13.3. The molecule has 2 aromatic carbocycles. The van der Waals surface area contributed by atoms with Crippen LogP contribution in [-0.4, -0.2) is 15.9 Å². The van der Waals surface area contributed by atoms with Crippen LogP contribution in [0.4, 0.5) is 5.69 Å². The molecule has 0 saturated heterocycles. The van der Waals surface area contributed by atoms with Crippen molar-refractivity contribution in [3.63, 3.8) is 0 Å². The highest BCUT2D eigenvalue weighted by Crippen LogP contribution is 2.24. The first-order valence-corrected chi connectivity index (χ1v) is 7.80. The van der Waals surface area contributed by atoms with E-state index in [1.165, 1.54) is 0 Å². The van der Waals surface area contributed by atoms with Crippen LogP contribution in [0.15, 0.2) is 66.9 Å². The fraction of sp³-hybridized carbons (Fsp3) is 0. The molecular formula is C19H12ClN3O. The number of pyridine rings is 2. The van der Waals surface area contributed by atoms with Crippen LogP contribution in [0.25, 0.3) is 21.7 Å². The summed E-state index contributed by atoms with van der Waals surface area (Å²) in [5.74, 6) is -0.306. The van der Waals surface area contributed by atoms with Gasteiger partial charge in [-0.15, -0.1) is 0 Å². The molecule has 0 saturated carbocycles. The van der Waals surface area contributed by atoms with Crippen molar-refractivity contribution in [1.29, 1.82) is 0 Å². The van der Waals surface area contributed by atoms with Gasteiger partial charge in [0.1, 0.15) is 10.8 Å². The number of hydrogen-bond acceptors (Lipinski definition) is 3. The zero-order valence-electron chi connectivity index (χ0n) is 12.5. The van der Waals surface area contributed by atoms with Crippen molar-refractivity contribution in [3.05, 3.63) is 77.7 Å². The van der Waals surface area contributed by atoms with Crippen LogP contribution < -0.4 is 5.32 Å². The molecule has 2 aromatic heterocycles. The average molecular weight is 334 g/mol. The lowest BCUT2D eigenvalue weighted by molar-refractivity contribution is 0.102. The molecule has 0 aliphatic carbocycles. The first-order valence-electron chi connectivity index (χ1n) is 7.43. The van der Waals surface area contributed by atoms with E-state index in [0.717, 1.165) is 21.7 Å². The van der Waals surface area contributed by atoms with Crippen LogP contribution in [0.2, 0.25) is 5.15 Å². The van der Waals surface area contributed by atoms with Gasteiger partial charge in [0.15, 0.2) is 0 Å². The summed E-state index contributed by atoms with van der Waals surface area (Å²) >= 11 is 6.20. The summed E-state index contributed by atoms with van der Waals surface area (Å²) in [6, 6.07) is 18.6. The first kappa shape index (κ1) is 14.6. The minimum Gasteiger partial charge on any atom is -0.320 e. The van der Waals surface area contributed by atoms with Crippen LogP contribution in [0, 0.1) is 0 Å². The van der Waals surface area contributed by atoms with Crippen LogP contribution in [0.3, 0.4) is 0 Å². The number of aromatic nitrogens is 2. The average Bonchev–Trinajstić information content (AvgIpc) is 2.62. The van der Waals surface area contributed by atoms with Crippen LogP contribution in [0.5, 0.6) is 0 Å². The van der Waals surface area contributed by atoms with Gasteiger partial charge in [0.05, 0.1) is 11.2 Å². The normalized spacial score (nSPS) is 10.9. The van der Waals surface area contributed by atoms with Gasteiger partial charge in [-0.3, -0.25) is 9.78 Å². The molecule has 0 atom stereocenters. The van der Waals surface area contributed by atoms with Gasteiger partial charge in [-0.1, -0.05) is 41.9 Å². The quantitative estimate of drug-likeness (QED) is 0.541. The standard InChI is InChI=1S/C19H12ClN3O/c20-18-13-6-2-1-5-12(13)11-17(22-18)19(24)23-16-9-3-8-15-14(16)7-4-10-21-15/h1-11H,(H,23,24). The summed E-state index contributed by atoms with van der Waals surface area (Å²) in [5.41, 5.74) is 1.79. The molecule has 1 amide bonds. The Bertz CT molecular complexity index is 1070. The molecule has 0 aliphatic rings. The lowest BCUT2D eigenvalue weighted by atomic mass is 10.1. The molecule has 116 valence electrons. The van der Waals surface area contributed by atoms with Crippen molar-refractivity contribution >= 4 is 44.9 Å². The van der Waals surface area contributed by atoms with E-state index in [-0.39, 0.29) is 11.6 Å². The smallest absolute Gasteiger partial charge is 0.274 e. The fourth-order valence-electron chi connectivity index (χ4n) is 2.67. The van der Waals surface area contributed by atoms with Crippen molar-refractivity contribution in [2.24, 2.45) is 0 Å². The highest BCUT2D eigenvalue weighted by Gasteiger charge is 2.12. The molecule has 0 spiro atoms. The number of rotatable bonds is 2. The number of anilines is 1. The summed E-state index contributed by atoms with van der Waals surface area (Å²) in [6.07, 6.45) is 1.72. The molecule has 0 unspecified atom stereocenters. The second kappa shape index (κ2) is 5.91. The molecule has 2 heterocycles. The van der Waals surface area contributed by atoms with Gasteiger partial charge in [-0.05, 0) is 35.7 Å². The van der Waals surface area contributed by atoms with Crippen LogP contribution in [-0.2, 0) is 0 Å². The molecule has 0 aliphatic heterocycles. The number of nitrogens with one attached hydrogen (secondary N) is 1. The summed E-state index contributed by atoms with van der Waals surface area (Å²) in [7, 11) is 0. The topological polar surface area (TPSA) is 54.9 Å². The number of hydrogen-bond donors (Lipinski definition) is 1. The van der Waals surface area contributed by atoms with Crippen LogP contribution in [0.1, 0.15) is 10.5 Å². The molecule has 0 radical (unpaired) electrons.